The van der Waals surface area contributed by atoms with E-state index in [1.54, 1.807) is 23.7 Å². The summed E-state index contributed by atoms with van der Waals surface area (Å²) < 4.78 is 2.38. The number of allylic oxidation sites excluding steroid dienone is 5. The Kier molecular flexibility index (Phi) is 7.60. The van der Waals surface area contributed by atoms with Crippen LogP contribution in [0.3, 0.4) is 0 Å². The van der Waals surface area contributed by atoms with E-state index >= 15 is 0 Å². The number of unbranched alkanes of at least 4 members (excludes halogenated alkanes) is 1. The van der Waals surface area contributed by atoms with Gasteiger partial charge in [0.25, 0.3) is 0 Å². The summed E-state index contributed by atoms with van der Waals surface area (Å²) in [5.74, 6) is 0. The van der Waals surface area contributed by atoms with Gasteiger partial charge < -0.3 is 24.8 Å². The second-order valence-corrected chi connectivity index (χ2v) is 17.6. The molecule has 1 saturated heterocycles. The third-order valence-electron chi connectivity index (χ3n) is 6.18. The molecule has 0 amide bonds. The van der Waals surface area contributed by atoms with Crippen LogP contribution in [0.25, 0.3) is 6.08 Å². The molecular formula is C21H26Cl2SiZr. The summed E-state index contributed by atoms with van der Waals surface area (Å²) in [6, 6.07) is 14.1. The van der Waals surface area contributed by atoms with Crippen molar-refractivity contribution < 1.29 is 48.0 Å². The Morgan fingerprint density at radius 2 is 1.96 bits per heavy atom. The number of hydrogen-bond acceptors (Lipinski definition) is 0. The van der Waals surface area contributed by atoms with E-state index in [9.17, 15) is 0 Å². The first kappa shape index (κ1) is 21.4. The Morgan fingerprint density at radius 3 is 2.60 bits per heavy atom. The summed E-state index contributed by atoms with van der Waals surface area (Å²) in [4.78, 5) is 0. The van der Waals surface area contributed by atoms with Crippen LogP contribution in [0.4, 0.5) is 0 Å². The molecule has 1 aromatic carbocycles. The third-order valence-corrected chi connectivity index (χ3v) is 20.6. The van der Waals surface area contributed by atoms with Gasteiger partial charge in [0.1, 0.15) is 0 Å². The van der Waals surface area contributed by atoms with Crippen LogP contribution in [-0.2, 0) is 26.0 Å². The van der Waals surface area contributed by atoms with E-state index in [0.29, 0.717) is 2.75 Å². The van der Waals surface area contributed by atoms with Crippen molar-refractivity contribution in [1.82, 2.24) is 0 Å². The summed E-state index contributed by atoms with van der Waals surface area (Å²) >= 11 is -0.617. The average Bonchev–Trinajstić information content (AvgIpc) is 3.16. The van der Waals surface area contributed by atoms with Crippen LogP contribution in [-0.4, -0.2) is 8.07 Å². The standard InChI is InChI=1S/C16H21Si.C5H5.2ClH.Zr/c1-2-3-11-17(12-6-13-17)16-10-9-14-7-4-5-8-15(14)16;1-2-4-5-3-1;;;/h4-5,7-10H,2-3,6,11-13H2,1H3;1-3H,4H2;2*1H;/q;;;;+2/p-2. The van der Waals surface area contributed by atoms with Gasteiger partial charge in [0.05, 0.1) is 0 Å². The van der Waals surface area contributed by atoms with E-state index in [-0.39, 0.29) is 24.8 Å². The summed E-state index contributed by atoms with van der Waals surface area (Å²) in [6.07, 6.45) is 17.9. The van der Waals surface area contributed by atoms with Crippen LogP contribution in [0.1, 0.15) is 43.7 Å². The van der Waals surface area contributed by atoms with Gasteiger partial charge >= 0.3 is 154 Å². The summed E-state index contributed by atoms with van der Waals surface area (Å²) in [6.45, 7) is 2.37. The molecule has 3 aliphatic rings. The van der Waals surface area contributed by atoms with Crippen LogP contribution in [0.15, 0.2) is 51.9 Å². The monoisotopic (exact) mass is 466 g/mol. The van der Waals surface area contributed by atoms with Crippen molar-refractivity contribution in [2.24, 2.45) is 0 Å². The van der Waals surface area contributed by atoms with Crippen LogP contribution >= 0.6 is 0 Å². The maximum absolute atomic E-state index is 2.73. The van der Waals surface area contributed by atoms with Gasteiger partial charge in [0.2, 0.25) is 0 Å². The number of hydrogen-bond donors (Lipinski definition) is 0. The zero-order valence-electron chi connectivity index (χ0n) is 14.9. The first-order valence-electron chi connectivity index (χ1n) is 9.22. The molecule has 25 heavy (non-hydrogen) atoms. The molecule has 0 saturated carbocycles. The van der Waals surface area contributed by atoms with Gasteiger partial charge in [-0.05, 0) is 0 Å². The normalized spacial score (nSPS) is 24.4. The van der Waals surface area contributed by atoms with Crippen molar-refractivity contribution in [2.75, 3.05) is 0 Å². The molecule has 0 bridgehead atoms. The number of fused-ring (bicyclic) bond motifs is 1. The predicted octanol–water partition coefficient (Wildman–Crippen LogP) is 0.0348. The van der Waals surface area contributed by atoms with E-state index in [1.165, 1.54) is 31.2 Å². The van der Waals surface area contributed by atoms with Crippen LogP contribution < -0.4 is 24.8 Å². The molecule has 0 aromatic heterocycles. The Bertz CT molecular complexity index is 691. The summed E-state index contributed by atoms with van der Waals surface area (Å²) in [5, 5.41) is 0. The van der Waals surface area contributed by atoms with Crippen LogP contribution in [0, 0.1) is 0 Å². The van der Waals surface area contributed by atoms with Crippen molar-refractivity contribution >= 4 is 14.1 Å². The molecule has 0 nitrogen and oxygen atoms in total. The van der Waals surface area contributed by atoms with Gasteiger partial charge in [-0.25, -0.2) is 0 Å². The van der Waals surface area contributed by atoms with Crippen LogP contribution in [0.5, 0.6) is 0 Å². The number of benzene rings is 1. The quantitative estimate of drug-likeness (QED) is 0.517. The topological polar surface area (TPSA) is 0 Å². The van der Waals surface area contributed by atoms with Crippen molar-refractivity contribution in [3.05, 3.63) is 63.0 Å². The number of rotatable bonds is 6. The molecule has 1 fully saturated rings. The number of halogens is 2. The van der Waals surface area contributed by atoms with E-state index in [4.69, 9.17) is 0 Å². The molecule has 0 spiro atoms. The van der Waals surface area contributed by atoms with Crippen LogP contribution in [0.2, 0.25) is 18.1 Å². The fraction of sp³-hybridized carbons (Fsp3) is 0.429. The maximum atomic E-state index is 2.73. The zero-order chi connectivity index (χ0) is 15.8. The Balaban J connectivity index is 0.00000113. The minimum absolute atomic E-state index is 0. The predicted molar refractivity (Wildman–Crippen MR) is 98.7 cm³/mol. The first-order chi connectivity index (χ1) is 11.3. The second-order valence-electron chi connectivity index (χ2n) is 7.42. The van der Waals surface area contributed by atoms with Crippen molar-refractivity contribution in [1.29, 1.82) is 0 Å². The summed E-state index contributed by atoms with van der Waals surface area (Å²) in [7, 11) is -1.18. The largest absolute Gasteiger partial charge is 1.00 e. The molecule has 0 radical (unpaired) electrons. The minimum atomic E-state index is -1.18. The average molecular weight is 469 g/mol. The third kappa shape index (κ3) is 3.62. The molecule has 1 heterocycles. The fourth-order valence-corrected chi connectivity index (χ4v) is 19.4. The first-order valence-corrected chi connectivity index (χ1v) is 14.3. The van der Waals surface area contributed by atoms with E-state index in [0.717, 1.165) is 0 Å². The zero-order valence-corrected chi connectivity index (χ0v) is 19.9. The molecule has 4 heteroatoms. The Hall–Kier alpha value is 0.120. The Morgan fingerprint density at radius 1 is 1.16 bits per heavy atom. The molecule has 1 atom stereocenters. The minimum Gasteiger partial charge on any atom is -1.00 e. The van der Waals surface area contributed by atoms with Crippen molar-refractivity contribution in [2.45, 2.75) is 53.5 Å². The fourth-order valence-electron chi connectivity index (χ4n) is 4.76. The molecule has 132 valence electrons. The van der Waals surface area contributed by atoms with Crippen molar-refractivity contribution in [3.8, 4) is 0 Å². The smallest absolute Gasteiger partial charge is 1.00 e. The van der Waals surface area contributed by atoms with Gasteiger partial charge in [-0.3, -0.25) is 0 Å². The molecule has 4 rings (SSSR count). The van der Waals surface area contributed by atoms with Crippen molar-refractivity contribution in [3.63, 3.8) is 0 Å². The van der Waals surface area contributed by atoms with E-state index in [1.807, 2.05) is 3.28 Å². The SMILES string of the molecule is CCCC[Si]1([C]2([Zr+2][C]3=CC=CC3)C=Cc3ccccc32)CCC1.[Cl-].[Cl-]. The van der Waals surface area contributed by atoms with Gasteiger partial charge in [-0.1, -0.05) is 0 Å². The maximum Gasteiger partial charge on any atom is -1.00 e. The van der Waals surface area contributed by atoms with E-state index < -0.39 is 31.3 Å². The Labute approximate surface area is 177 Å². The van der Waals surface area contributed by atoms with Gasteiger partial charge in [-0.15, -0.1) is 0 Å². The molecule has 1 aromatic rings. The van der Waals surface area contributed by atoms with Gasteiger partial charge in [-0.2, -0.15) is 0 Å². The van der Waals surface area contributed by atoms with Gasteiger partial charge in [0, 0.05) is 0 Å². The molecule has 1 aliphatic heterocycles. The van der Waals surface area contributed by atoms with E-state index in [2.05, 4.69) is 61.6 Å². The molecule has 1 unspecified atom stereocenters. The molecule has 0 N–H and O–H groups in total. The summed E-state index contributed by atoms with van der Waals surface area (Å²) in [5.41, 5.74) is 3.28. The second kappa shape index (κ2) is 8.87. The van der Waals surface area contributed by atoms with Gasteiger partial charge in [0.15, 0.2) is 0 Å². The molecule has 2 aliphatic carbocycles. The molecular weight excluding hydrogens is 442 g/mol.